The Labute approximate surface area is 165 Å². The number of nitrogens with zero attached hydrogens (tertiary/aromatic N) is 1. The highest BCUT2D eigenvalue weighted by Gasteiger charge is 2.25. The SMILES string of the molecule is COc1cnc2cccc(OC[C@H]3CC[C@H](NC(=O)OC(C)(C)C)CO3)c2c1. The van der Waals surface area contributed by atoms with E-state index < -0.39 is 11.7 Å². The van der Waals surface area contributed by atoms with Crippen LogP contribution in [0.15, 0.2) is 30.5 Å². The van der Waals surface area contributed by atoms with Crippen molar-refractivity contribution in [3.05, 3.63) is 30.5 Å². The molecule has 0 spiro atoms. The van der Waals surface area contributed by atoms with Gasteiger partial charge in [-0.3, -0.25) is 4.98 Å². The van der Waals surface area contributed by atoms with Gasteiger partial charge in [0.05, 0.1) is 37.6 Å². The number of amides is 1. The van der Waals surface area contributed by atoms with Gasteiger partial charge in [-0.25, -0.2) is 4.79 Å². The summed E-state index contributed by atoms with van der Waals surface area (Å²) < 4.78 is 22.4. The van der Waals surface area contributed by atoms with E-state index in [1.165, 1.54) is 0 Å². The first-order valence-electron chi connectivity index (χ1n) is 9.51. The lowest BCUT2D eigenvalue weighted by Crippen LogP contribution is -2.45. The molecule has 1 N–H and O–H groups in total. The van der Waals surface area contributed by atoms with Gasteiger partial charge in [0.15, 0.2) is 0 Å². The molecule has 1 aliphatic rings. The molecule has 2 heterocycles. The third-order valence-electron chi connectivity index (χ3n) is 4.41. The lowest BCUT2D eigenvalue weighted by molar-refractivity contribution is -0.0283. The summed E-state index contributed by atoms with van der Waals surface area (Å²) >= 11 is 0. The van der Waals surface area contributed by atoms with Gasteiger partial charge in [-0.1, -0.05) is 6.07 Å². The summed E-state index contributed by atoms with van der Waals surface area (Å²) in [5.74, 6) is 1.44. The molecule has 0 aliphatic carbocycles. The van der Waals surface area contributed by atoms with E-state index in [0.29, 0.717) is 19.0 Å². The van der Waals surface area contributed by atoms with Crippen molar-refractivity contribution >= 4 is 17.0 Å². The highest BCUT2D eigenvalue weighted by Crippen LogP contribution is 2.28. The van der Waals surface area contributed by atoms with Crippen molar-refractivity contribution in [2.24, 2.45) is 0 Å². The van der Waals surface area contributed by atoms with Gasteiger partial charge in [-0.2, -0.15) is 0 Å². The predicted octanol–water partition coefficient (Wildman–Crippen LogP) is 3.69. The van der Waals surface area contributed by atoms with Crippen LogP contribution in [0.25, 0.3) is 10.9 Å². The number of hydrogen-bond acceptors (Lipinski definition) is 6. The molecule has 1 aliphatic heterocycles. The summed E-state index contributed by atoms with van der Waals surface area (Å²) in [5.41, 5.74) is 0.343. The average Bonchev–Trinajstić information content (AvgIpc) is 2.65. The Balaban J connectivity index is 1.51. The van der Waals surface area contributed by atoms with E-state index in [1.807, 2.05) is 45.0 Å². The van der Waals surface area contributed by atoms with Gasteiger partial charge in [0.1, 0.15) is 23.7 Å². The molecule has 1 aromatic heterocycles. The van der Waals surface area contributed by atoms with E-state index >= 15 is 0 Å². The lowest BCUT2D eigenvalue weighted by atomic mass is 10.1. The molecular weight excluding hydrogens is 360 g/mol. The number of nitrogens with one attached hydrogen (secondary N) is 1. The van der Waals surface area contributed by atoms with Crippen molar-refractivity contribution in [3.8, 4) is 11.5 Å². The number of alkyl carbamates (subject to hydrolysis) is 1. The fraction of sp³-hybridized carbons (Fsp3) is 0.524. The Morgan fingerprint density at radius 3 is 2.82 bits per heavy atom. The number of carbonyl (C=O) groups is 1. The fourth-order valence-electron chi connectivity index (χ4n) is 3.05. The maximum Gasteiger partial charge on any atom is 0.407 e. The predicted molar refractivity (Wildman–Crippen MR) is 106 cm³/mol. The van der Waals surface area contributed by atoms with Crippen LogP contribution < -0.4 is 14.8 Å². The molecule has 2 aromatic rings. The Hall–Kier alpha value is -2.54. The number of hydrogen-bond donors (Lipinski definition) is 1. The molecule has 28 heavy (non-hydrogen) atoms. The molecule has 0 saturated carbocycles. The van der Waals surface area contributed by atoms with Crippen LogP contribution in [0, 0.1) is 0 Å². The van der Waals surface area contributed by atoms with E-state index in [0.717, 1.165) is 29.5 Å². The second kappa shape index (κ2) is 8.65. The number of aromatic nitrogens is 1. The van der Waals surface area contributed by atoms with Crippen molar-refractivity contribution in [2.75, 3.05) is 20.3 Å². The molecule has 1 fully saturated rings. The van der Waals surface area contributed by atoms with Crippen molar-refractivity contribution in [3.63, 3.8) is 0 Å². The third-order valence-corrected chi connectivity index (χ3v) is 4.41. The van der Waals surface area contributed by atoms with Crippen LogP contribution in [-0.4, -0.2) is 49.1 Å². The van der Waals surface area contributed by atoms with Gasteiger partial charge in [-0.15, -0.1) is 0 Å². The van der Waals surface area contributed by atoms with Crippen LogP contribution in [0.5, 0.6) is 11.5 Å². The summed E-state index contributed by atoms with van der Waals surface area (Å²) in [6.07, 6.45) is 2.87. The number of pyridine rings is 1. The van der Waals surface area contributed by atoms with Crippen LogP contribution in [0.3, 0.4) is 0 Å². The number of methoxy groups -OCH3 is 1. The monoisotopic (exact) mass is 388 g/mol. The molecule has 7 heteroatoms. The molecule has 1 amide bonds. The smallest absolute Gasteiger partial charge is 0.407 e. The number of benzene rings is 1. The maximum atomic E-state index is 11.9. The van der Waals surface area contributed by atoms with E-state index in [-0.39, 0.29) is 12.1 Å². The minimum absolute atomic E-state index is 0.0227. The Kier molecular flexibility index (Phi) is 6.24. The lowest BCUT2D eigenvalue weighted by Gasteiger charge is -2.30. The number of rotatable bonds is 5. The van der Waals surface area contributed by atoms with Crippen molar-refractivity contribution in [1.82, 2.24) is 10.3 Å². The summed E-state index contributed by atoms with van der Waals surface area (Å²) in [4.78, 5) is 16.2. The molecule has 0 bridgehead atoms. The fourth-order valence-corrected chi connectivity index (χ4v) is 3.05. The zero-order valence-electron chi connectivity index (χ0n) is 16.9. The standard InChI is InChI=1S/C21H28N2O5/c1-21(2,3)28-20(24)23-14-8-9-15(26-12-14)13-27-19-7-5-6-18-17(19)10-16(25-4)11-22-18/h5-7,10-11,14-15H,8-9,12-13H2,1-4H3,(H,23,24)/t14-,15+/m0/s1. The van der Waals surface area contributed by atoms with Gasteiger partial charge in [0, 0.05) is 5.39 Å². The van der Waals surface area contributed by atoms with Crippen LogP contribution in [0.1, 0.15) is 33.6 Å². The Morgan fingerprint density at radius 2 is 2.14 bits per heavy atom. The second-order valence-electron chi connectivity index (χ2n) is 7.88. The molecule has 7 nitrogen and oxygen atoms in total. The van der Waals surface area contributed by atoms with E-state index in [4.69, 9.17) is 18.9 Å². The highest BCUT2D eigenvalue weighted by atomic mass is 16.6. The minimum atomic E-state index is -0.508. The molecular formula is C21H28N2O5. The molecule has 3 rings (SSSR count). The number of carbonyl (C=O) groups excluding carboxylic acids is 1. The average molecular weight is 388 g/mol. The minimum Gasteiger partial charge on any atom is -0.495 e. The van der Waals surface area contributed by atoms with E-state index in [2.05, 4.69) is 10.3 Å². The third kappa shape index (κ3) is 5.48. The van der Waals surface area contributed by atoms with E-state index in [9.17, 15) is 4.79 Å². The summed E-state index contributed by atoms with van der Waals surface area (Å²) in [7, 11) is 1.61. The quantitative estimate of drug-likeness (QED) is 0.841. The van der Waals surface area contributed by atoms with Crippen LogP contribution >= 0.6 is 0 Å². The topological polar surface area (TPSA) is 78.9 Å². The van der Waals surface area contributed by atoms with Gasteiger partial charge >= 0.3 is 6.09 Å². The molecule has 2 atom stereocenters. The summed E-state index contributed by atoms with van der Waals surface area (Å²) in [5, 5.41) is 3.76. The van der Waals surface area contributed by atoms with E-state index in [1.54, 1.807) is 13.3 Å². The first-order chi connectivity index (χ1) is 13.3. The highest BCUT2D eigenvalue weighted by molar-refractivity contribution is 5.86. The first-order valence-corrected chi connectivity index (χ1v) is 9.51. The molecule has 1 aromatic carbocycles. The Bertz CT molecular complexity index is 810. The van der Waals surface area contributed by atoms with Gasteiger partial charge in [-0.05, 0) is 51.8 Å². The second-order valence-corrected chi connectivity index (χ2v) is 7.88. The summed E-state index contributed by atoms with van der Waals surface area (Å²) in [6, 6.07) is 7.64. The molecule has 1 saturated heterocycles. The normalized spacial score (nSPS) is 19.9. The maximum absolute atomic E-state index is 11.9. The number of fused-ring (bicyclic) bond motifs is 1. The van der Waals surface area contributed by atoms with Crippen molar-refractivity contribution in [2.45, 2.75) is 51.4 Å². The van der Waals surface area contributed by atoms with Crippen molar-refractivity contribution in [1.29, 1.82) is 0 Å². The first kappa shape index (κ1) is 20.2. The Morgan fingerprint density at radius 1 is 1.32 bits per heavy atom. The van der Waals surface area contributed by atoms with Gasteiger partial charge < -0.3 is 24.3 Å². The zero-order chi connectivity index (χ0) is 20.1. The van der Waals surface area contributed by atoms with Crippen LogP contribution in [-0.2, 0) is 9.47 Å². The molecule has 152 valence electrons. The largest absolute Gasteiger partial charge is 0.495 e. The number of ether oxygens (including phenoxy) is 4. The van der Waals surface area contributed by atoms with Crippen LogP contribution in [0.4, 0.5) is 4.79 Å². The van der Waals surface area contributed by atoms with Crippen LogP contribution in [0.2, 0.25) is 0 Å². The van der Waals surface area contributed by atoms with Gasteiger partial charge in [0.25, 0.3) is 0 Å². The van der Waals surface area contributed by atoms with Crippen molar-refractivity contribution < 1.29 is 23.7 Å². The summed E-state index contributed by atoms with van der Waals surface area (Å²) in [6.45, 7) is 6.41. The zero-order valence-corrected chi connectivity index (χ0v) is 16.9. The molecule has 0 unspecified atom stereocenters. The molecule has 0 radical (unpaired) electrons. The van der Waals surface area contributed by atoms with Gasteiger partial charge in [0.2, 0.25) is 0 Å².